The van der Waals surface area contributed by atoms with Gasteiger partial charge in [0.1, 0.15) is 5.82 Å². The Morgan fingerprint density at radius 2 is 0.926 bits per heavy atom. The van der Waals surface area contributed by atoms with Crippen LogP contribution in [0, 0.1) is 0 Å². The molecule has 0 radical (unpaired) electrons. The van der Waals surface area contributed by atoms with Crippen LogP contribution in [0.2, 0.25) is 0 Å². The number of rotatable bonds is 5. The Kier molecular flexibility index (Phi) is 6.79. The molecule has 5 nitrogen and oxygen atoms in total. The summed E-state index contributed by atoms with van der Waals surface area (Å²) in [6, 6.07) is 64.1. The molecule has 4 aromatic heterocycles. The highest BCUT2D eigenvalue weighted by Gasteiger charge is 2.19. The van der Waals surface area contributed by atoms with Crippen molar-refractivity contribution in [2.75, 3.05) is 0 Å². The summed E-state index contributed by atoms with van der Waals surface area (Å²) < 4.78 is 4.68. The molecule has 4 heterocycles. The van der Waals surface area contributed by atoms with Crippen molar-refractivity contribution >= 4 is 54.4 Å². The van der Waals surface area contributed by atoms with E-state index in [4.69, 9.17) is 15.0 Å². The Hall–Kier alpha value is -7.37. The summed E-state index contributed by atoms with van der Waals surface area (Å²) >= 11 is 0. The Balaban J connectivity index is 1.10. The van der Waals surface area contributed by atoms with Gasteiger partial charge in [-0.2, -0.15) is 0 Å². The highest BCUT2D eigenvalue weighted by molar-refractivity contribution is 6.19. The first-order valence-corrected chi connectivity index (χ1v) is 18.2. The Bertz CT molecular complexity index is 3140. The van der Waals surface area contributed by atoms with Gasteiger partial charge in [0.05, 0.1) is 33.5 Å². The topological polar surface area (TPSA) is 48.5 Å². The van der Waals surface area contributed by atoms with Crippen LogP contribution in [-0.2, 0) is 0 Å². The third-order valence-electron chi connectivity index (χ3n) is 10.6. The minimum Gasteiger partial charge on any atom is -0.309 e. The van der Waals surface area contributed by atoms with Crippen LogP contribution in [0.4, 0.5) is 0 Å². The number of hydrogen-bond acceptors (Lipinski definition) is 3. The van der Waals surface area contributed by atoms with E-state index in [0.29, 0.717) is 5.82 Å². The maximum absolute atomic E-state index is 5.12. The number of para-hydroxylation sites is 2. The van der Waals surface area contributed by atoms with Crippen molar-refractivity contribution in [2.45, 2.75) is 0 Å². The van der Waals surface area contributed by atoms with Gasteiger partial charge in [-0.1, -0.05) is 127 Å². The smallest absolute Gasteiger partial charge is 0.161 e. The molecule has 0 amide bonds. The minimum atomic E-state index is 0.637. The van der Waals surface area contributed by atoms with Gasteiger partial charge in [-0.05, 0) is 65.4 Å². The molecule has 54 heavy (non-hydrogen) atoms. The Labute approximate surface area is 311 Å². The number of pyridine rings is 1. The fourth-order valence-electron chi connectivity index (χ4n) is 8.01. The highest BCUT2D eigenvalue weighted by Crippen LogP contribution is 2.40. The molecule has 0 aliphatic rings. The van der Waals surface area contributed by atoms with Crippen LogP contribution in [0.1, 0.15) is 0 Å². The second kappa shape index (κ2) is 12.1. The van der Waals surface area contributed by atoms with E-state index in [-0.39, 0.29) is 0 Å². The number of aromatic nitrogens is 5. The molecule has 5 heteroatoms. The molecule has 11 rings (SSSR count). The molecule has 11 aromatic rings. The molecule has 0 saturated heterocycles. The zero-order valence-corrected chi connectivity index (χ0v) is 29.1. The standard InChI is InChI=1S/C49H31N5/c1-3-14-33(15-4-1)42-29-43(34-16-5-2-6-17-34)52-49(51-42)36-24-26-48(50-31-36)54-45-22-12-10-20-39(45)41-28-40-38-19-9-11-21-44(38)53(46(40)30-47(41)54)37-25-23-32-13-7-8-18-35(32)27-37/h1-31H. The number of benzene rings is 7. The predicted octanol–water partition coefficient (Wildman–Crippen LogP) is 12.2. The molecule has 0 fully saturated rings. The van der Waals surface area contributed by atoms with E-state index in [1.165, 1.54) is 37.8 Å². The van der Waals surface area contributed by atoms with E-state index in [2.05, 4.69) is 155 Å². The number of hydrogen-bond donors (Lipinski definition) is 0. The van der Waals surface area contributed by atoms with Gasteiger partial charge in [0, 0.05) is 50.1 Å². The average molecular weight is 690 g/mol. The SMILES string of the molecule is c1ccc(-c2cc(-c3ccccc3)nc(-c3ccc(-n4c5ccccc5c5cc6c7ccccc7n(-c7ccc8ccccc8c7)c6cc54)nc3)n2)cc1. The summed E-state index contributed by atoms with van der Waals surface area (Å²) in [5, 5.41) is 7.28. The van der Waals surface area contributed by atoms with E-state index in [1.807, 2.05) is 42.6 Å². The molecule has 0 atom stereocenters. The van der Waals surface area contributed by atoms with Crippen LogP contribution >= 0.6 is 0 Å². The molecule has 0 aliphatic carbocycles. The average Bonchev–Trinajstić information content (AvgIpc) is 3.75. The van der Waals surface area contributed by atoms with Crippen LogP contribution in [0.5, 0.6) is 0 Å². The van der Waals surface area contributed by atoms with E-state index >= 15 is 0 Å². The normalized spacial score (nSPS) is 11.7. The lowest BCUT2D eigenvalue weighted by molar-refractivity contribution is 1.07. The first kappa shape index (κ1) is 30.3. The summed E-state index contributed by atoms with van der Waals surface area (Å²) in [5.41, 5.74) is 10.4. The van der Waals surface area contributed by atoms with Gasteiger partial charge < -0.3 is 4.57 Å². The van der Waals surface area contributed by atoms with Crippen molar-refractivity contribution in [1.82, 2.24) is 24.1 Å². The predicted molar refractivity (Wildman–Crippen MR) is 222 cm³/mol. The van der Waals surface area contributed by atoms with Gasteiger partial charge in [0.15, 0.2) is 5.82 Å². The van der Waals surface area contributed by atoms with Gasteiger partial charge in [-0.3, -0.25) is 4.57 Å². The molecule has 0 bridgehead atoms. The molecular formula is C49H31N5. The minimum absolute atomic E-state index is 0.637. The first-order valence-electron chi connectivity index (χ1n) is 18.2. The van der Waals surface area contributed by atoms with Gasteiger partial charge >= 0.3 is 0 Å². The van der Waals surface area contributed by atoms with E-state index in [0.717, 1.165) is 56.1 Å². The van der Waals surface area contributed by atoms with Gasteiger partial charge in [0.2, 0.25) is 0 Å². The molecule has 0 saturated carbocycles. The molecule has 0 aliphatic heterocycles. The van der Waals surface area contributed by atoms with Crippen molar-refractivity contribution in [3.63, 3.8) is 0 Å². The van der Waals surface area contributed by atoms with Crippen LogP contribution in [0.15, 0.2) is 188 Å². The summed E-state index contributed by atoms with van der Waals surface area (Å²) in [6.07, 6.45) is 1.90. The largest absolute Gasteiger partial charge is 0.309 e. The Morgan fingerprint density at radius 1 is 0.352 bits per heavy atom. The van der Waals surface area contributed by atoms with Crippen LogP contribution < -0.4 is 0 Å². The molecular weight excluding hydrogens is 659 g/mol. The second-order valence-corrected chi connectivity index (χ2v) is 13.7. The lowest BCUT2D eigenvalue weighted by Gasteiger charge is -2.11. The molecule has 7 aromatic carbocycles. The number of nitrogens with zero attached hydrogens (tertiary/aromatic N) is 5. The summed E-state index contributed by atoms with van der Waals surface area (Å²) in [4.78, 5) is 15.2. The fraction of sp³-hybridized carbons (Fsp3) is 0. The second-order valence-electron chi connectivity index (χ2n) is 13.7. The molecule has 0 N–H and O–H groups in total. The molecule has 0 spiro atoms. The zero-order valence-electron chi connectivity index (χ0n) is 29.1. The van der Waals surface area contributed by atoms with Gasteiger partial charge in [0.25, 0.3) is 0 Å². The zero-order chi connectivity index (χ0) is 35.6. The van der Waals surface area contributed by atoms with Crippen molar-refractivity contribution in [3.05, 3.63) is 188 Å². The maximum Gasteiger partial charge on any atom is 0.161 e. The lowest BCUT2D eigenvalue weighted by atomic mass is 10.1. The van der Waals surface area contributed by atoms with Crippen LogP contribution in [0.25, 0.3) is 99.8 Å². The molecule has 252 valence electrons. The lowest BCUT2D eigenvalue weighted by Crippen LogP contribution is -2.00. The monoisotopic (exact) mass is 689 g/mol. The fourth-order valence-corrected chi connectivity index (χ4v) is 8.01. The Morgan fingerprint density at radius 3 is 1.57 bits per heavy atom. The third-order valence-corrected chi connectivity index (χ3v) is 10.6. The highest BCUT2D eigenvalue weighted by atomic mass is 15.1. The van der Waals surface area contributed by atoms with Crippen molar-refractivity contribution in [1.29, 1.82) is 0 Å². The van der Waals surface area contributed by atoms with E-state index in [9.17, 15) is 0 Å². The maximum atomic E-state index is 5.12. The first-order chi connectivity index (χ1) is 26.8. The van der Waals surface area contributed by atoms with E-state index in [1.54, 1.807) is 0 Å². The van der Waals surface area contributed by atoms with Crippen LogP contribution in [0.3, 0.4) is 0 Å². The van der Waals surface area contributed by atoms with Gasteiger partial charge in [-0.15, -0.1) is 0 Å². The molecule has 0 unspecified atom stereocenters. The van der Waals surface area contributed by atoms with Crippen molar-refractivity contribution in [2.24, 2.45) is 0 Å². The van der Waals surface area contributed by atoms with E-state index < -0.39 is 0 Å². The quantitative estimate of drug-likeness (QED) is 0.181. The van der Waals surface area contributed by atoms with Crippen molar-refractivity contribution < 1.29 is 0 Å². The third kappa shape index (κ3) is 4.83. The summed E-state index contributed by atoms with van der Waals surface area (Å²) in [7, 11) is 0. The summed E-state index contributed by atoms with van der Waals surface area (Å²) in [6.45, 7) is 0. The van der Waals surface area contributed by atoms with Crippen LogP contribution in [-0.4, -0.2) is 24.1 Å². The van der Waals surface area contributed by atoms with Crippen molar-refractivity contribution in [3.8, 4) is 45.4 Å². The van der Waals surface area contributed by atoms with Gasteiger partial charge in [-0.25, -0.2) is 15.0 Å². The number of fused-ring (bicyclic) bond motifs is 7. The summed E-state index contributed by atoms with van der Waals surface area (Å²) in [5.74, 6) is 1.47.